The van der Waals surface area contributed by atoms with Crippen LogP contribution in [0.15, 0.2) is 18.2 Å². The molecule has 92 valence electrons. The summed E-state index contributed by atoms with van der Waals surface area (Å²) >= 11 is 0. The van der Waals surface area contributed by atoms with Crippen LogP contribution in [-0.2, 0) is 0 Å². The lowest BCUT2D eigenvalue weighted by Gasteiger charge is -2.18. The summed E-state index contributed by atoms with van der Waals surface area (Å²) in [5.41, 5.74) is 2.11. The molecule has 4 nitrogen and oxygen atoms in total. The minimum Gasteiger partial charge on any atom is -0.478 e. The van der Waals surface area contributed by atoms with Crippen LogP contribution in [0.4, 0.5) is 5.69 Å². The van der Waals surface area contributed by atoms with Crippen molar-refractivity contribution in [3.63, 3.8) is 0 Å². The fourth-order valence-corrected chi connectivity index (χ4v) is 2.29. The molecule has 1 fully saturated rings. The molecule has 0 aliphatic carbocycles. The highest BCUT2D eigenvalue weighted by Gasteiger charge is 2.21. The second kappa shape index (κ2) is 4.75. The Morgan fingerprint density at radius 3 is 2.88 bits per heavy atom. The van der Waals surface area contributed by atoms with Gasteiger partial charge in [0, 0.05) is 12.6 Å². The monoisotopic (exact) mass is 234 g/mol. The molecule has 1 heterocycles. The number of hydrogen-bond acceptors (Lipinski definition) is 3. The van der Waals surface area contributed by atoms with Crippen LogP contribution in [0.2, 0.25) is 0 Å². The Balaban J connectivity index is 2.22. The van der Waals surface area contributed by atoms with Crippen LogP contribution in [0.1, 0.15) is 22.3 Å². The number of benzene rings is 1. The summed E-state index contributed by atoms with van der Waals surface area (Å²) in [4.78, 5) is 13.4. The third-order valence-corrected chi connectivity index (χ3v) is 3.24. The largest absolute Gasteiger partial charge is 0.478 e. The fourth-order valence-electron chi connectivity index (χ4n) is 2.29. The number of anilines is 1. The minimum atomic E-state index is -0.873. The number of likely N-dealkylation sites (N-methyl/N-ethyl adjacent to an activating group) is 1. The van der Waals surface area contributed by atoms with Gasteiger partial charge in [-0.05, 0) is 38.6 Å². The topological polar surface area (TPSA) is 52.6 Å². The number of nitrogens with zero attached hydrogens (tertiary/aromatic N) is 1. The second-order valence-corrected chi connectivity index (χ2v) is 4.69. The lowest BCUT2D eigenvalue weighted by molar-refractivity contribution is 0.0698. The van der Waals surface area contributed by atoms with Crippen molar-refractivity contribution < 1.29 is 9.90 Å². The first-order chi connectivity index (χ1) is 8.08. The normalized spacial score (nSPS) is 20.5. The van der Waals surface area contributed by atoms with Gasteiger partial charge >= 0.3 is 5.97 Å². The maximum absolute atomic E-state index is 11.2. The van der Waals surface area contributed by atoms with Crippen LogP contribution < -0.4 is 5.32 Å². The van der Waals surface area contributed by atoms with E-state index < -0.39 is 5.97 Å². The molecule has 4 heteroatoms. The predicted octanol–water partition coefficient (Wildman–Crippen LogP) is 1.81. The zero-order valence-corrected chi connectivity index (χ0v) is 10.2. The number of nitrogens with one attached hydrogen (secondary N) is 1. The summed E-state index contributed by atoms with van der Waals surface area (Å²) in [6, 6.07) is 5.72. The SMILES string of the molecule is Cc1cccc(C(=O)O)c1NC1CCN(C)C1. The van der Waals surface area contributed by atoms with Crippen molar-refractivity contribution >= 4 is 11.7 Å². The van der Waals surface area contributed by atoms with Gasteiger partial charge in [-0.1, -0.05) is 12.1 Å². The Hall–Kier alpha value is -1.55. The van der Waals surface area contributed by atoms with Crippen molar-refractivity contribution in [1.29, 1.82) is 0 Å². The maximum atomic E-state index is 11.2. The first-order valence-electron chi connectivity index (χ1n) is 5.86. The number of hydrogen-bond donors (Lipinski definition) is 2. The van der Waals surface area contributed by atoms with Gasteiger partial charge in [0.1, 0.15) is 0 Å². The number of carbonyl (C=O) groups is 1. The van der Waals surface area contributed by atoms with Gasteiger partial charge in [0.2, 0.25) is 0 Å². The molecule has 1 aromatic carbocycles. The Kier molecular flexibility index (Phi) is 3.33. The second-order valence-electron chi connectivity index (χ2n) is 4.69. The summed E-state index contributed by atoms with van der Waals surface area (Å²) in [5.74, 6) is -0.873. The van der Waals surface area contributed by atoms with E-state index in [9.17, 15) is 4.79 Å². The molecule has 1 unspecified atom stereocenters. The highest BCUT2D eigenvalue weighted by atomic mass is 16.4. The summed E-state index contributed by atoms with van der Waals surface area (Å²) < 4.78 is 0. The number of para-hydroxylation sites is 1. The van der Waals surface area contributed by atoms with Gasteiger partial charge in [0.05, 0.1) is 11.3 Å². The van der Waals surface area contributed by atoms with E-state index in [1.54, 1.807) is 12.1 Å². The maximum Gasteiger partial charge on any atom is 0.337 e. The highest BCUT2D eigenvalue weighted by Crippen LogP contribution is 2.23. The Bertz CT molecular complexity index is 431. The van der Waals surface area contributed by atoms with E-state index in [1.165, 1.54) is 0 Å². The third-order valence-electron chi connectivity index (χ3n) is 3.24. The molecular formula is C13H18N2O2. The molecule has 1 aliphatic heterocycles. The number of carboxylic acid groups (broad SMARTS) is 1. The van der Waals surface area contributed by atoms with E-state index in [4.69, 9.17) is 5.11 Å². The number of aryl methyl sites for hydroxylation is 1. The van der Waals surface area contributed by atoms with Gasteiger partial charge in [-0.25, -0.2) is 4.79 Å². The molecular weight excluding hydrogens is 216 g/mol. The van der Waals surface area contributed by atoms with E-state index in [2.05, 4.69) is 17.3 Å². The average Bonchev–Trinajstić information content (AvgIpc) is 2.67. The molecule has 1 atom stereocenters. The zero-order valence-electron chi connectivity index (χ0n) is 10.2. The quantitative estimate of drug-likeness (QED) is 0.837. The summed E-state index contributed by atoms with van der Waals surface area (Å²) in [5, 5.41) is 12.5. The van der Waals surface area contributed by atoms with E-state index in [-0.39, 0.29) is 0 Å². The number of carboxylic acids is 1. The fraction of sp³-hybridized carbons (Fsp3) is 0.462. The van der Waals surface area contributed by atoms with Gasteiger partial charge in [-0.2, -0.15) is 0 Å². The lowest BCUT2D eigenvalue weighted by atomic mass is 10.1. The molecule has 0 aromatic heterocycles. The molecule has 1 aromatic rings. The van der Waals surface area contributed by atoms with E-state index in [0.29, 0.717) is 11.6 Å². The van der Waals surface area contributed by atoms with Crippen LogP contribution in [0.3, 0.4) is 0 Å². The molecule has 1 aliphatic rings. The summed E-state index contributed by atoms with van der Waals surface area (Å²) in [6.45, 7) is 3.97. The minimum absolute atomic E-state index is 0.346. The van der Waals surface area contributed by atoms with Crippen LogP contribution in [-0.4, -0.2) is 42.2 Å². The average molecular weight is 234 g/mol. The van der Waals surface area contributed by atoms with E-state index in [0.717, 1.165) is 30.8 Å². The Labute approximate surface area is 101 Å². The predicted molar refractivity (Wildman–Crippen MR) is 67.7 cm³/mol. The molecule has 0 saturated carbocycles. The van der Waals surface area contributed by atoms with Gasteiger partial charge in [0.15, 0.2) is 0 Å². The Morgan fingerprint density at radius 1 is 1.53 bits per heavy atom. The molecule has 17 heavy (non-hydrogen) atoms. The lowest BCUT2D eigenvalue weighted by Crippen LogP contribution is -2.25. The third kappa shape index (κ3) is 2.58. The number of rotatable bonds is 3. The van der Waals surface area contributed by atoms with Crippen molar-refractivity contribution in [2.24, 2.45) is 0 Å². The summed E-state index contributed by atoms with van der Waals surface area (Å²) in [7, 11) is 2.08. The first-order valence-corrected chi connectivity index (χ1v) is 5.86. The van der Waals surface area contributed by atoms with Crippen molar-refractivity contribution in [1.82, 2.24) is 4.90 Å². The molecule has 2 N–H and O–H groups in total. The van der Waals surface area contributed by atoms with Crippen molar-refractivity contribution in [2.75, 3.05) is 25.5 Å². The van der Waals surface area contributed by atoms with Crippen molar-refractivity contribution in [3.8, 4) is 0 Å². The zero-order chi connectivity index (χ0) is 12.4. The molecule has 2 rings (SSSR count). The molecule has 0 amide bonds. The van der Waals surface area contributed by atoms with Gasteiger partial charge in [-0.3, -0.25) is 0 Å². The van der Waals surface area contributed by atoms with Gasteiger partial charge in [-0.15, -0.1) is 0 Å². The molecule has 1 saturated heterocycles. The number of aromatic carboxylic acids is 1. The van der Waals surface area contributed by atoms with Crippen molar-refractivity contribution in [3.05, 3.63) is 29.3 Å². The van der Waals surface area contributed by atoms with Crippen molar-refractivity contribution in [2.45, 2.75) is 19.4 Å². The van der Waals surface area contributed by atoms with Crippen LogP contribution in [0.5, 0.6) is 0 Å². The molecule has 0 bridgehead atoms. The molecule has 0 spiro atoms. The first kappa shape index (κ1) is 11.9. The highest BCUT2D eigenvalue weighted by molar-refractivity contribution is 5.95. The van der Waals surface area contributed by atoms with E-state index >= 15 is 0 Å². The van der Waals surface area contributed by atoms with Crippen LogP contribution in [0, 0.1) is 6.92 Å². The standard InChI is InChI=1S/C13H18N2O2/c1-9-4-3-5-11(13(16)17)12(9)14-10-6-7-15(2)8-10/h3-5,10,14H,6-8H2,1-2H3,(H,16,17). The van der Waals surface area contributed by atoms with Crippen LogP contribution >= 0.6 is 0 Å². The van der Waals surface area contributed by atoms with Gasteiger partial charge in [0.25, 0.3) is 0 Å². The van der Waals surface area contributed by atoms with Crippen LogP contribution in [0.25, 0.3) is 0 Å². The smallest absolute Gasteiger partial charge is 0.337 e. The summed E-state index contributed by atoms with van der Waals surface area (Å²) in [6.07, 6.45) is 1.06. The molecule has 0 radical (unpaired) electrons. The Morgan fingerprint density at radius 2 is 2.29 bits per heavy atom. The van der Waals surface area contributed by atoms with Gasteiger partial charge < -0.3 is 15.3 Å². The number of likely N-dealkylation sites (tertiary alicyclic amines) is 1. The van der Waals surface area contributed by atoms with E-state index in [1.807, 2.05) is 13.0 Å².